The van der Waals surface area contributed by atoms with Gasteiger partial charge in [-0.15, -0.1) is 0 Å². The molecule has 0 bridgehead atoms. The fourth-order valence-electron chi connectivity index (χ4n) is 1.95. The molecule has 1 rings (SSSR count). The largest absolute Gasteiger partial charge is 0.377 e. The van der Waals surface area contributed by atoms with Crippen molar-refractivity contribution in [2.24, 2.45) is 0 Å². The number of hydrogen-bond donors (Lipinski definition) is 0. The number of allylic oxidation sites excluding steroid dienone is 4. The van der Waals surface area contributed by atoms with E-state index >= 15 is 0 Å². The minimum atomic E-state index is 0.742. The van der Waals surface area contributed by atoms with Crippen LogP contribution in [0.2, 0.25) is 0 Å². The predicted molar refractivity (Wildman–Crippen MR) is 71.0 cm³/mol. The Hall–Kier alpha value is -0.500. The van der Waals surface area contributed by atoms with Gasteiger partial charge < -0.3 is 4.90 Å². The van der Waals surface area contributed by atoms with E-state index in [4.69, 9.17) is 0 Å². The molecule has 0 aromatic rings. The molecule has 0 amide bonds. The van der Waals surface area contributed by atoms with E-state index in [9.17, 15) is 0 Å². The molecule has 0 aliphatic heterocycles. The molecule has 0 atom stereocenters. The van der Waals surface area contributed by atoms with Gasteiger partial charge in [-0.25, -0.2) is 0 Å². The van der Waals surface area contributed by atoms with Crippen LogP contribution in [0.4, 0.5) is 0 Å². The van der Waals surface area contributed by atoms with E-state index < -0.39 is 0 Å². The minimum Gasteiger partial charge on any atom is -0.377 e. The Bertz CT molecular complexity index is 249. The van der Waals surface area contributed by atoms with Crippen molar-refractivity contribution in [3.8, 4) is 0 Å². The van der Waals surface area contributed by atoms with Crippen LogP contribution in [0.3, 0.4) is 0 Å². The fraction of sp³-hybridized carbons (Fsp3) is 0.538. The Morgan fingerprint density at radius 1 is 1.33 bits per heavy atom. The number of rotatable bonds is 4. The summed E-state index contributed by atoms with van der Waals surface area (Å²) in [4.78, 5) is 2.33. The van der Waals surface area contributed by atoms with Crippen LogP contribution in [0, 0.1) is 0 Å². The molecule has 0 saturated heterocycles. The van der Waals surface area contributed by atoms with Crippen molar-refractivity contribution in [1.29, 1.82) is 0 Å². The van der Waals surface area contributed by atoms with Crippen molar-refractivity contribution in [1.82, 2.24) is 4.90 Å². The molecule has 0 heterocycles. The zero-order chi connectivity index (χ0) is 11.1. The summed E-state index contributed by atoms with van der Waals surface area (Å²) in [7, 11) is 2.17. The lowest BCUT2D eigenvalue weighted by molar-refractivity contribution is 0.254. The van der Waals surface area contributed by atoms with Crippen LogP contribution in [-0.4, -0.2) is 18.0 Å². The van der Waals surface area contributed by atoms with Crippen molar-refractivity contribution in [3.05, 3.63) is 35.5 Å². The Morgan fingerprint density at radius 3 is 2.60 bits per heavy atom. The number of nitrogens with zero attached hydrogens (tertiary/aromatic N) is 1. The molecular weight excluding hydrogens is 250 g/mol. The molecule has 15 heavy (non-hydrogen) atoms. The van der Waals surface area contributed by atoms with Gasteiger partial charge in [-0.3, -0.25) is 0 Å². The Kier molecular flexibility index (Phi) is 5.77. The highest BCUT2D eigenvalue weighted by Gasteiger charge is 2.14. The summed E-state index contributed by atoms with van der Waals surface area (Å²) in [5, 5.41) is 0. The SMILES string of the molecule is C=C/C(Br)=C\C=C\N(C)C1CCCCC1. The van der Waals surface area contributed by atoms with E-state index in [1.54, 1.807) is 6.08 Å². The second-order valence-electron chi connectivity index (χ2n) is 4.05. The first-order valence-corrected chi connectivity index (χ1v) is 6.41. The molecule has 0 spiro atoms. The molecule has 1 nitrogen and oxygen atoms in total. The van der Waals surface area contributed by atoms with Crippen molar-refractivity contribution in [2.75, 3.05) is 7.05 Å². The molecule has 0 aromatic heterocycles. The third-order valence-electron chi connectivity index (χ3n) is 2.92. The summed E-state index contributed by atoms with van der Waals surface area (Å²) in [5.41, 5.74) is 0. The van der Waals surface area contributed by atoms with Gasteiger partial charge in [0.15, 0.2) is 0 Å². The lowest BCUT2D eigenvalue weighted by Gasteiger charge is -2.30. The third kappa shape index (κ3) is 4.70. The van der Waals surface area contributed by atoms with Crippen LogP contribution in [0.5, 0.6) is 0 Å². The van der Waals surface area contributed by atoms with Crippen LogP contribution in [0.1, 0.15) is 32.1 Å². The highest BCUT2D eigenvalue weighted by molar-refractivity contribution is 9.11. The zero-order valence-electron chi connectivity index (χ0n) is 9.45. The molecule has 2 heteroatoms. The van der Waals surface area contributed by atoms with Crippen LogP contribution in [0.15, 0.2) is 35.5 Å². The van der Waals surface area contributed by atoms with Crippen LogP contribution in [0.25, 0.3) is 0 Å². The van der Waals surface area contributed by atoms with Gasteiger partial charge in [-0.1, -0.05) is 47.8 Å². The van der Waals surface area contributed by atoms with Crippen LogP contribution >= 0.6 is 15.9 Å². The molecule has 0 aromatic carbocycles. The van der Waals surface area contributed by atoms with Crippen molar-refractivity contribution in [2.45, 2.75) is 38.1 Å². The summed E-state index contributed by atoms with van der Waals surface area (Å²) in [5.74, 6) is 0. The monoisotopic (exact) mass is 269 g/mol. The molecule has 84 valence electrons. The van der Waals surface area contributed by atoms with E-state index in [0.717, 1.165) is 10.5 Å². The summed E-state index contributed by atoms with van der Waals surface area (Å²) >= 11 is 3.40. The summed E-state index contributed by atoms with van der Waals surface area (Å²) in [6.45, 7) is 3.69. The average Bonchev–Trinajstić information content (AvgIpc) is 2.29. The molecule has 0 unspecified atom stereocenters. The van der Waals surface area contributed by atoms with E-state index in [-0.39, 0.29) is 0 Å². The number of halogens is 1. The van der Waals surface area contributed by atoms with Gasteiger partial charge >= 0.3 is 0 Å². The highest BCUT2D eigenvalue weighted by atomic mass is 79.9. The molecule has 1 aliphatic rings. The minimum absolute atomic E-state index is 0.742. The second-order valence-corrected chi connectivity index (χ2v) is 4.97. The average molecular weight is 270 g/mol. The molecule has 0 N–H and O–H groups in total. The molecule has 0 radical (unpaired) electrons. The second kappa shape index (κ2) is 6.89. The maximum atomic E-state index is 3.69. The Balaban J connectivity index is 2.39. The van der Waals surface area contributed by atoms with E-state index in [0.29, 0.717) is 0 Å². The standard InChI is InChI=1S/C13H20BrN/c1-3-12(14)8-7-11-15(2)13-9-5-4-6-10-13/h3,7-8,11,13H,1,4-6,9-10H2,2H3/b11-7+,12-8+. The van der Waals surface area contributed by atoms with E-state index in [2.05, 4.69) is 46.7 Å². The first kappa shape index (κ1) is 12.6. The lowest BCUT2D eigenvalue weighted by Crippen LogP contribution is -2.28. The van der Waals surface area contributed by atoms with Gasteiger partial charge in [-0.05, 0) is 31.2 Å². The molecular formula is C13H20BrN. The van der Waals surface area contributed by atoms with Gasteiger partial charge in [0.1, 0.15) is 0 Å². The van der Waals surface area contributed by atoms with E-state index in [1.165, 1.54) is 32.1 Å². The van der Waals surface area contributed by atoms with Gasteiger partial charge in [0.05, 0.1) is 0 Å². The molecule has 1 saturated carbocycles. The predicted octanol–water partition coefficient (Wildman–Crippen LogP) is 4.23. The Labute approximate surface area is 102 Å². The van der Waals surface area contributed by atoms with Crippen molar-refractivity contribution < 1.29 is 0 Å². The van der Waals surface area contributed by atoms with Gasteiger partial charge in [0.2, 0.25) is 0 Å². The zero-order valence-corrected chi connectivity index (χ0v) is 11.0. The van der Waals surface area contributed by atoms with Gasteiger partial charge in [0.25, 0.3) is 0 Å². The normalized spacial score (nSPS) is 19.5. The lowest BCUT2D eigenvalue weighted by atomic mass is 9.95. The van der Waals surface area contributed by atoms with Crippen LogP contribution < -0.4 is 0 Å². The smallest absolute Gasteiger partial charge is 0.0281 e. The highest BCUT2D eigenvalue weighted by Crippen LogP contribution is 2.21. The Morgan fingerprint density at radius 2 is 2.00 bits per heavy atom. The first-order chi connectivity index (χ1) is 7.24. The summed E-state index contributed by atoms with van der Waals surface area (Å²) < 4.78 is 1.02. The summed E-state index contributed by atoms with van der Waals surface area (Å²) in [6.07, 6.45) is 14.9. The van der Waals surface area contributed by atoms with E-state index in [1.807, 2.05) is 6.08 Å². The van der Waals surface area contributed by atoms with Gasteiger partial charge in [0, 0.05) is 17.6 Å². The maximum absolute atomic E-state index is 3.69. The van der Waals surface area contributed by atoms with Crippen molar-refractivity contribution >= 4 is 15.9 Å². The number of hydrogen-bond acceptors (Lipinski definition) is 1. The van der Waals surface area contributed by atoms with Crippen molar-refractivity contribution in [3.63, 3.8) is 0 Å². The maximum Gasteiger partial charge on any atom is 0.0281 e. The molecule has 1 aliphatic carbocycles. The first-order valence-electron chi connectivity index (χ1n) is 5.62. The third-order valence-corrected chi connectivity index (χ3v) is 3.51. The van der Waals surface area contributed by atoms with Crippen LogP contribution in [-0.2, 0) is 0 Å². The van der Waals surface area contributed by atoms with Gasteiger partial charge in [-0.2, -0.15) is 0 Å². The topological polar surface area (TPSA) is 3.24 Å². The summed E-state index contributed by atoms with van der Waals surface area (Å²) in [6, 6.07) is 0.742. The fourth-order valence-corrected chi connectivity index (χ4v) is 2.10. The quantitative estimate of drug-likeness (QED) is 0.691. The molecule has 1 fully saturated rings.